The second kappa shape index (κ2) is 11.7. The fourth-order valence-electron chi connectivity index (χ4n) is 9.42. The number of hydrogen-bond donors (Lipinski definition) is 1. The van der Waals surface area contributed by atoms with E-state index in [4.69, 9.17) is 15.0 Å². The Balaban J connectivity index is 1.22. The smallest absolute Gasteiger partial charge is 0.240 e. The van der Waals surface area contributed by atoms with Crippen molar-refractivity contribution < 1.29 is 0 Å². The minimum Gasteiger partial charge on any atom is -0.354 e. The average Bonchev–Trinajstić information content (AvgIpc) is 4.03. The molecule has 0 saturated carbocycles. The Kier molecular flexibility index (Phi) is 6.32. The molecule has 7 nitrogen and oxygen atoms in total. The fraction of sp³-hybridized carbons (Fsp3) is 0. The molecule has 8 aromatic carbocycles. The van der Waals surface area contributed by atoms with E-state index in [0.29, 0.717) is 17.7 Å². The van der Waals surface area contributed by atoms with E-state index in [9.17, 15) is 0 Å². The van der Waals surface area contributed by atoms with Crippen molar-refractivity contribution >= 4 is 87.2 Å². The van der Waals surface area contributed by atoms with Crippen LogP contribution < -0.4 is 0 Å². The quantitative estimate of drug-likeness (QED) is 0.195. The Labute approximate surface area is 330 Å². The molecule has 1 N–H and O–H groups in total. The third-order valence-corrected chi connectivity index (χ3v) is 11.8. The topological polar surface area (TPSA) is 69.2 Å². The fourth-order valence-corrected chi connectivity index (χ4v) is 9.42. The summed E-state index contributed by atoms with van der Waals surface area (Å²) in [6.45, 7) is 0. The number of fused-ring (bicyclic) bond motifs is 14. The molecule has 0 atom stereocenters. The summed E-state index contributed by atoms with van der Waals surface area (Å²) in [7, 11) is 0. The SMILES string of the molecule is c1ccc(-c2nc(-n3c4ccccc4c4ccc5[nH]c6ccccc6c5c43)nc(-n3c4ccccc4c4ccc5c6ccccc6n(-c6ccccc6)c5c43)n2)cc1. The molecule has 13 rings (SSSR count). The summed E-state index contributed by atoms with van der Waals surface area (Å²) < 4.78 is 6.90. The summed E-state index contributed by atoms with van der Waals surface area (Å²) >= 11 is 0. The van der Waals surface area contributed by atoms with Crippen LogP contribution in [0.1, 0.15) is 0 Å². The second-order valence-electron chi connectivity index (χ2n) is 14.9. The minimum absolute atomic E-state index is 0.546. The van der Waals surface area contributed by atoms with Crippen LogP contribution in [0.15, 0.2) is 182 Å². The molecule has 7 heteroatoms. The Hall–Kier alpha value is -8.03. The zero-order valence-electron chi connectivity index (χ0n) is 31.0. The summed E-state index contributed by atoms with van der Waals surface area (Å²) in [5, 5.41) is 9.18. The average molecular weight is 742 g/mol. The van der Waals surface area contributed by atoms with E-state index in [1.165, 1.54) is 5.39 Å². The van der Waals surface area contributed by atoms with Gasteiger partial charge in [-0.3, -0.25) is 9.13 Å². The summed E-state index contributed by atoms with van der Waals surface area (Å²) in [6, 6.07) is 64.2. The second-order valence-corrected chi connectivity index (χ2v) is 14.9. The molecule has 0 amide bonds. The number of H-pyrrole nitrogens is 1. The van der Waals surface area contributed by atoms with Crippen molar-refractivity contribution in [3.05, 3.63) is 182 Å². The number of aromatic nitrogens is 7. The third-order valence-electron chi connectivity index (χ3n) is 11.8. The molecule has 5 aromatic heterocycles. The number of para-hydroxylation sites is 5. The van der Waals surface area contributed by atoms with Gasteiger partial charge in [0.05, 0.1) is 33.1 Å². The minimum atomic E-state index is 0.546. The van der Waals surface area contributed by atoms with Gasteiger partial charge in [0.25, 0.3) is 0 Å². The van der Waals surface area contributed by atoms with Crippen molar-refractivity contribution in [2.75, 3.05) is 0 Å². The van der Waals surface area contributed by atoms with Gasteiger partial charge in [0.15, 0.2) is 5.82 Å². The number of nitrogens with zero attached hydrogens (tertiary/aromatic N) is 6. The summed E-state index contributed by atoms with van der Waals surface area (Å²) in [5.41, 5.74) is 10.5. The molecule has 0 aliphatic rings. The zero-order chi connectivity index (χ0) is 37.9. The highest BCUT2D eigenvalue weighted by atomic mass is 15.3. The van der Waals surface area contributed by atoms with Crippen LogP contribution in [-0.4, -0.2) is 33.6 Å². The van der Waals surface area contributed by atoms with Crippen LogP contribution in [0.5, 0.6) is 0 Å². The molecule has 0 fully saturated rings. The molecular weight excluding hydrogens is 711 g/mol. The maximum absolute atomic E-state index is 5.56. The Bertz CT molecular complexity index is 3790. The van der Waals surface area contributed by atoms with Crippen LogP contribution in [0.25, 0.3) is 116 Å². The van der Waals surface area contributed by atoms with Crippen molar-refractivity contribution in [2.24, 2.45) is 0 Å². The van der Waals surface area contributed by atoms with Gasteiger partial charge in [-0.05, 0) is 42.5 Å². The lowest BCUT2D eigenvalue weighted by Gasteiger charge is -2.14. The summed E-state index contributed by atoms with van der Waals surface area (Å²) in [6.07, 6.45) is 0. The lowest BCUT2D eigenvalue weighted by molar-refractivity contribution is 0.894. The molecule has 0 aliphatic heterocycles. The van der Waals surface area contributed by atoms with E-state index < -0.39 is 0 Å². The summed E-state index contributed by atoms with van der Waals surface area (Å²) in [4.78, 5) is 20.0. The predicted octanol–water partition coefficient (Wildman–Crippen LogP) is 12.5. The van der Waals surface area contributed by atoms with E-state index in [2.05, 4.69) is 182 Å². The van der Waals surface area contributed by atoms with Gasteiger partial charge in [-0.25, -0.2) is 0 Å². The van der Waals surface area contributed by atoms with Crippen molar-refractivity contribution in [3.8, 4) is 29.0 Å². The van der Waals surface area contributed by atoms with Crippen LogP contribution in [0.4, 0.5) is 0 Å². The first-order valence-electron chi connectivity index (χ1n) is 19.6. The van der Waals surface area contributed by atoms with Gasteiger partial charge < -0.3 is 9.55 Å². The molecule has 13 aromatic rings. The molecule has 0 aliphatic carbocycles. The van der Waals surface area contributed by atoms with Crippen LogP contribution in [0, 0.1) is 0 Å². The maximum atomic E-state index is 5.56. The van der Waals surface area contributed by atoms with Gasteiger partial charge in [0.2, 0.25) is 11.9 Å². The molecule has 0 spiro atoms. The molecular formula is C51H31N7. The van der Waals surface area contributed by atoms with Crippen LogP contribution in [-0.2, 0) is 0 Å². The number of rotatable bonds is 4. The van der Waals surface area contributed by atoms with Gasteiger partial charge in [0, 0.05) is 65.4 Å². The Morgan fingerprint density at radius 2 is 0.793 bits per heavy atom. The van der Waals surface area contributed by atoms with Crippen molar-refractivity contribution in [1.82, 2.24) is 33.6 Å². The number of nitrogens with one attached hydrogen (secondary N) is 1. The molecule has 270 valence electrons. The summed E-state index contributed by atoms with van der Waals surface area (Å²) in [5.74, 6) is 1.69. The molecule has 58 heavy (non-hydrogen) atoms. The van der Waals surface area contributed by atoms with E-state index in [-0.39, 0.29) is 0 Å². The van der Waals surface area contributed by atoms with E-state index in [0.717, 1.165) is 93.1 Å². The van der Waals surface area contributed by atoms with Gasteiger partial charge >= 0.3 is 0 Å². The molecule has 5 heterocycles. The standard InChI is InChI=1S/C51H31N7/c1-3-15-31(16-4-1)49-53-50(57-43-25-13-9-19-33(43)36-29-30-41-45(46(36)57)39-22-7-11-23-40(39)52-41)55-51(54-49)58-44-26-14-10-21-35(44)38-28-27-37-34-20-8-12-24-42(34)56(47(37)48(38)58)32-17-5-2-6-18-32/h1-30,52H. The van der Waals surface area contributed by atoms with Gasteiger partial charge in [-0.1, -0.05) is 140 Å². The van der Waals surface area contributed by atoms with E-state index in [1.54, 1.807) is 0 Å². The number of hydrogen-bond acceptors (Lipinski definition) is 3. The van der Waals surface area contributed by atoms with E-state index in [1.807, 2.05) is 18.2 Å². The van der Waals surface area contributed by atoms with Crippen molar-refractivity contribution in [1.29, 1.82) is 0 Å². The first kappa shape index (κ1) is 31.2. The van der Waals surface area contributed by atoms with Crippen molar-refractivity contribution in [3.63, 3.8) is 0 Å². The molecule has 0 saturated heterocycles. The monoisotopic (exact) mass is 741 g/mol. The zero-order valence-corrected chi connectivity index (χ0v) is 31.0. The van der Waals surface area contributed by atoms with Crippen molar-refractivity contribution in [2.45, 2.75) is 0 Å². The van der Waals surface area contributed by atoms with Crippen LogP contribution >= 0.6 is 0 Å². The first-order valence-corrected chi connectivity index (χ1v) is 19.6. The highest BCUT2D eigenvalue weighted by Crippen LogP contribution is 2.43. The molecule has 0 bridgehead atoms. The third kappa shape index (κ3) is 4.24. The Morgan fingerprint density at radius 3 is 1.43 bits per heavy atom. The largest absolute Gasteiger partial charge is 0.354 e. The van der Waals surface area contributed by atoms with Gasteiger partial charge in [-0.2, -0.15) is 15.0 Å². The van der Waals surface area contributed by atoms with Gasteiger partial charge in [0.1, 0.15) is 0 Å². The predicted molar refractivity (Wildman–Crippen MR) is 238 cm³/mol. The number of benzene rings is 8. The normalized spacial score (nSPS) is 12.1. The molecule has 0 radical (unpaired) electrons. The maximum Gasteiger partial charge on any atom is 0.240 e. The highest BCUT2D eigenvalue weighted by Gasteiger charge is 2.25. The molecule has 0 unspecified atom stereocenters. The lowest BCUT2D eigenvalue weighted by atomic mass is 10.1. The number of aromatic amines is 1. The van der Waals surface area contributed by atoms with E-state index >= 15 is 0 Å². The lowest BCUT2D eigenvalue weighted by Crippen LogP contribution is -2.10. The highest BCUT2D eigenvalue weighted by molar-refractivity contribution is 6.26. The van der Waals surface area contributed by atoms with Crippen LogP contribution in [0.3, 0.4) is 0 Å². The van der Waals surface area contributed by atoms with Crippen LogP contribution in [0.2, 0.25) is 0 Å². The Morgan fingerprint density at radius 1 is 0.328 bits per heavy atom. The van der Waals surface area contributed by atoms with Gasteiger partial charge in [-0.15, -0.1) is 0 Å². The first-order chi connectivity index (χ1) is 28.8.